The van der Waals surface area contributed by atoms with Crippen molar-refractivity contribution in [3.8, 4) is 5.82 Å². The summed E-state index contributed by atoms with van der Waals surface area (Å²) in [5, 5.41) is 4.51. The van der Waals surface area contributed by atoms with Crippen LogP contribution in [0.1, 0.15) is 11.4 Å². The normalized spacial score (nSPS) is 14.4. The number of benzene rings is 1. The van der Waals surface area contributed by atoms with E-state index in [1.807, 2.05) is 42.1 Å². The zero-order valence-corrected chi connectivity index (χ0v) is 18.6. The van der Waals surface area contributed by atoms with Crippen molar-refractivity contribution in [1.82, 2.24) is 24.3 Å². The van der Waals surface area contributed by atoms with Gasteiger partial charge in [-0.05, 0) is 16.2 Å². The summed E-state index contributed by atoms with van der Waals surface area (Å²) in [6, 6.07) is 14.2. The Hall–Kier alpha value is -2.70. The number of rotatable bonds is 6. The first-order valence-corrected chi connectivity index (χ1v) is 10.9. The van der Waals surface area contributed by atoms with Gasteiger partial charge in [-0.25, -0.2) is 14.6 Å². The van der Waals surface area contributed by atoms with E-state index >= 15 is 0 Å². The van der Waals surface area contributed by atoms with Crippen molar-refractivity contribution in [2.75, 3.05) is 31.2 Å². The molecule has 0 aliphatic carbocycles. The summed E-state index contributed by atoms with van der Waals surface area (Å²) in [6.07, 6.45) is 1.92. The van der Waals surface area contributed by atoms with Crippen molar-refractivity contribution in [3.63, 3.8) is 0 Å². The van der Waals surface area contributed by atoms with Gasteiger partial charge in [0.15, 0.2) is 11.5 Å². The van der Waals surface area contributed by atoms with Crippen LogP contribution >= 0.6 is 0 Å². The van der Waals surface area contributed by atoms with Gasteiger partial charge in [0.2, 0.25) is 16.3 Å². The Kier molecular flexibility index (Phi) is 5.75. The highest BCUT2D eigenvalue weighted by Gasteiger charge is 2.21. The molecule has 0 spiro atoms. The number of hydrogen-bond donors (Lipinski definition) is 0. The third-order valence-corrected chi connectivity index (χ3v) is 5.73. The van der Waals surface area contributed by atoms with E-state index in [1.54, 1.807) is 4.68 Å². The number of aromatic nitrogens is 5. The molecule has 3 aromatic heterocycles. The average Bonchev–Trinajstić information content (AvgIpc) is 3.38. The van der Waals surface area contributed by atoms with E-state index in [0.717, 1.165) is 51.7 Å². The SMILES string of the molecule is Cn1c(COCc2ccccc2)nc2c(N3CCOCC3)cc(-n3cc[c]([Al])n3)nc21. The van der Waals surface area contributed by atoms with E-state index in [2.05, 4.69) is 44.5 Å². The first kappa shape index (κ1) is 20.2. The van der Waals surface area contributed by atoms with E-state index in [4.69, 9.17) is 19.4 Å². The van der Waals surface area contributed by atoms with Gasteiger partial charge in [0, 0.05) is 32.4 Å². The van der Waals surface area contributed by atoms with Gasteiger partial charge in [0.1, 0.15) is 17.9 Å². The number of aryl methyl sites for hydroxylation is 1. The van der Waals surface area contributed by atoms with Crippen LogP contribution in [-0.2, 0) is 29.7 Å². The van der Waals surface area contributed by atoms with Crippen LogP contribution in [0.2, 0.25) is 0 Å². The predicted molar refractivity (Wildman–Crippen MR) is 119 cm³/mol. The average molecular weight is 430 g/mol. The number of imidazole rings is 1. The highest BCUT2D eigenvalue weighted by molar-refractivity contribution is 6.30. The maximum absolute atomic E-state index is 5.95. The van der Waals surface area contributed by atoms with Crippen molar-refractivity contribution in [1.29, 1.82) is 0 Å². The Morgan fingerprint density at radius 1 is 1.06 bits per heavy atom. The number of pyridine rings is 1. The molecule has 5 rings (SSSR count). The molecule has 1 aliphatic heterocycles. The maximum atomic E-state index is 5.95. The quantitative estimate of drug-likeness (QED) is 0.432. The Bertz CT molecular complexity index is 1180. The molecule has 0 unspecified atom stereocenters. The van der Waals surface area contributed by atoms with Crippen LogP contribution in [0.25, 0.3) is 17.0 Å². The molecule has 0 bridgehead atoms. The second kappa shape index (κ2) is 8.81. The topological polar surface area (TPSA) is 70.2 Å². The van der Waals surface area contributed by atoms with Crippen LogP contribution in [0.3, 0.4) is 0 Å². The molecule has 8 nitrogen and oxygen atoms in total. The number of fused-ring (bicyclic) bond motifs is 1. The Morgan fingerprint density at radius 3 is 2.61 bits per heavy atom. The summed E-state index contributed by atoms with van der Waals surface area (Å²) in [4.78, 5) is 12.1. The van der Waals surface area contributed by atoms with Crippen LogP contribution in [0, 0.1) is 0 Å². The van der Waals surface area contributed by atoms with Crippen LogP contribution < -0.4 is 9.46 Å². The molecule has 0 N–H and O–H groups in total. The molecule has 1 aromatic carbocycles. The lowest BCUT2D eigenvalue weighted by Crippen LogP contribution is -2.36. The highest BCUT2D eigenvalue weighted by atomic mass is 27.0. The summed E-state index contributed by atoms with van der Waals surface area (Å²) in [5.74, 6) is 1.61. The van der Waals surface area contributed by atoms with Crippen molar-refractivity contribution in [3.05, 3.63) is 60.0 Å². The largest absolute Gasteiger partial charge is 0.378 e. The van der Waals surface area contributed by atoms with E-state index in [1.165, 1.54) is 0 Å². The lowest BCUT2D eigenvalue weighted by Gasteiger charge is -2.29. The predicted octanol–water partition coefficient (Wildman–Crippen LogP) is 1.50. The van der Waals surface area contributed by atoms with E-state index < -0.39 is 0 Å². The molecule has 9 heteroatoms. The van der Waals surface area contributed by atoms with Gasteiger partial charge >= 0.3 is 0 Å². The summed E-state index contributed by atoms with van der Waals surface area (Å²) in [5.41, 5.74) is 3.89. The summed E-state index contributed by atoms with van der Waals surface area (Å²) < 4.78 is 16.2. The van der Waals surface area contributed by atoms with Crippen LogP contribution in [0.4, 0.5) is 5.69 Å². The molecule has 1 aliphatic rings. The fourth-order valence-electron chi connectivity index (χ4n) is 3.76. The fraction of sp³-hybridized carbons (Fsp3) is 0.318. The van der Waals surface area contributed by atoms with Crippen molar-refractivity contribution in [2.45, 2.75) is 13.2 Å². The third kappa shape index (κ3) is 4.23. The lowest BCUT2D eigenvalue weighted by molar-refractivity contribution is 0.100. The van der Waals surface area contributed by atoms with Gasteiger partial charge < -0.3 is 18.9 Å². The first-order valence-electron chi connectivity index (χ1n) is 10.3. The number of hydrogen-bond acceptors (Lipinski definition) is 6. The molecule has 0 saturated carbocycles. The molecular formula is C22H23AlN6O2. The smallest absolute Gasteiger partial charge is 0.212 e. The second-order valence-corrected chi connectivity index (χ2v) is 8.11. The van der Waals surface area contributed by atoms with Crippen molar-refractivity contribution >= 4 is 37.7 Å². The third-order valence-electron chi connectivity index (χ3n) is 5.43. The first-order chi connectivity index (χ1) is 15.2. The number of morpholine rings is 1. The summed E-state index contributed by atoms with van der Waals surface area (Å²) >= 11 is 2.62. The van der Waals surface area contributed by atoms with Gasteiger partial charge in [-0.15, -0.1) is 0 Å². The molecule has 31 heavy (non-hydrogen) atoms. The zero-order chi connectivity index (χ0) is 21.2. The fourth-order valence-corrected chi connectivity index (χ4v) is 3.97. The van der Waals surface area contributed by atoms with E-state index in [9.17, 15) is 0 Å². The molecule has 4 heterocycles. The van der Waals surface area contributed by atoms with Gasteiger partial charge in [-0.2, -0.15) is 5.10 Å². The number of anilines is 1. The molecule has 1 fully saturated rings. The summed E-state index contributed by atoms with van der Waals surface area (Å²) in [7, 11) is 1.99. The Labute approximate surface area is 188 Å². The van der Waals surface area contributed by atoms with Gasteiger partial charge in [-0.3, -0.25) is 0 Å². The number of nitrogens with zero attached hydrogens (tertiary/aromatic N) is 6. The minimum absolute atomic E-state index is 0.414. The monoisotopic (exact) mass is 430 g/mol. The van der Waals surface area contributed by atoms with Gasteiger partial charge in [0.05, 0.1) is 25.5 Å². The molecule has 156 valence electrons. The molecule has 0 amide bonds. The van der Waals surface area contributed by atoms with E-state index in [-0.39, 0.29) is 0 Å². The zero-order valence-electron chi connectivity index (χ0n) is 17.4. The van der Waals surface area contributed by atoms with Crippen LogP contribution in [0.5, 0.6) is 0 Å². The minimum atomic E-state index is 0.414. The maximum Gasteiger partial charge on any atom is 0.212 e. The van der Waals surface area contributed by atoms with Gasteiger partial charge in [-0.1, -0.05) is 30.3 Å². The highest BCUT2D eigenvalue weighted by Crippen LogP contribution is 2.29. The minimum Gasteiger partial charge on any atom is -0.378 e. The molecule has 2 radical (unpaired) electrons. The van der Waals surface area contributed by atoms with Crippen molar-refractivity contribution < 1.29 is 9.47 Å². The van der Waals surface area contributed by atoms with Crippen molar-refractivity contribution in [2.24, 2.45) is 7.05 Å². The Balaban J connectivity index is 1.50. The lowest BCUT2D eigenvalue weighted by atomic mass is 10.2. The van der Waals surface area contributed by atoms with Crippen LogP contribution in [-0.4, -0.2) is 66.9 Å². The standard InChI is InChI=1S/C22H23N6O2.Al/c1-26-20(16-30-15-17-6-3-2-4-7-17)24-21-18(27-10-12-29-13-11-27)14-19(25-22(21)26)28-9-5-8-23-28;/h2-7,9,14H,10-13,15-16H2,1H3;. The van der Waals surface area contributed by atoms with E-state index in [0.29, 0.717) is 26.4 Å². The molecule has 0 atom stereocenters. The second-order valence-electron chi connectivity index (χ2n) is 7.52. The Morgan fingerprint density at radius 2 is 1.87 bits per heavy atom. The molecular weight excluding hydrogens is 407 g/mol. The van der Waals surface area contributed by atoms with Gasteiger partial charge in [0.25, 0.3) is 0 Å². The summed E-state index contributed by atoms with van der Waals surface area (Å²) in [6.45, 7) is 4.01. The number of ether oxygens (including phenoxy) is 2. The van der Waals surface area contributed by atoms with Crippen LogP contribution in [0.15, 0.2) is 48.7 Å². The molecule has 4 aromatic rings. The molecule has 1 saturated heterocycles.